The monoisotopic (exact) mass is 160 g/mol. The fourth-order valence-electron chi connectivity index (χ4n) is 0.119. The van der Waals surface area contributed by atoms with Crippen LogP contribution in [0.5, 0.6) is 0 Å². The summed E-state index contributed by atoms with van der Waals surface area (Å²) in [4.78, 5) is 0. The molecular weight excluding hydrogens is 158 g/mol. The van der Waals surface area contributed by atoms with Gasteiger partial charge in [0.15, 0.2) is 6.33 Å². The minimum Gasteiger partial charge on any atom is -0.329 e. The first kappa shape index (κ1) is 8.31. The third kappa shape index (κ3) is 5.18. The number of hydrogen-bond acceptors (Lipinski definition) is 3. The molecule has 0 heterocycles. The first-order valence-corrected chi connectivity index (χ1v) is 2.95. The summed E-state index contributed by atoms with van der Waals surface area (Å²) in [6.45, 7) is 0. The summed E-state index contributed by atoms with van der Waals surface area (Å²) in [6, 6.07) is -2.02. The van der Waals surface area contributed by atoms with E-state index in [1.165, 1.54) is 0 Å². The molecule has 0 aromatic rings. The fourth-order valence-corrected chi connectivity index (χ4v) is 0.356. The Labute approximate surface area is 49.7 Å². The highest BCUT2D eigenvalue weighted by Gasteiger charge is 2.07. The van der Waals surface area contributed by atoms with Crippen molar-refractivity contribution in [3.05, 3.63) is 12.3 Å². The molecule has 4 nitrogen and oxygen atoms in total. The summed E-state index contributed by atoms with van der Waals surface area (Å²) < 4.78 is 51.8. The van der Waals surface area contributed by atoms with E-state index in [1.807, 2.05) is 0 Å². The summed E-state index contributed by atoms with van der Waals surface area (Å²) in [5, 5.41) is 0. The highest BCUT2D eigenvalue weighted by atomic mass is 32.3. The van der Waals surface area contributed by atoms with Crippen molar-refractivity contribution in [1.82, 2.24) is 0 Å². The van der Waals surface area contributed by atoms with Crippen molar-refractivity contribution in [3.8, 4) is 0 Å². The van der Waals surface area contributed by atoms with E-state index < -0.39 is 22.7 Å². The van der Waals surface area contributed by atoms with Crippen molar-refractivity contribution in [3.63, 3.8) is 0 Å². The average molecular weight is 160 g/mol. The van der Waals surface area contributed by atoms with Crippen molar-refractivity contribution in [1.29, 1.82) is 0 Å². The molecule has 0 saturated heterocycles. The molecule has 0 aliphatic carbocycles. The van der Waals surface area contributed by atoms with E-state index in [0.717, 1.165) is 0 Å². The average Bonchev–Trinajstić information content (AvgIpc) is 1.62. The quantitative estimate of drug-likeness (QED) is 0.473. The highest BCUT2D eigenvalue weighted by molar-refractivity contribution is 7.81. The molecule has 0 fully saturated rings. The molecule has 0 aliphatic heterocycles. The SMILES string of the molecule is O=S(=O)(O)OC(F)=CF. The maximum Gasteiger partial charge on any atom is 0.448 e. The molecule has 9 heavy (non-hydrogen) atoms. The third-order valence-electron chi connectivity index (χ3n) is 0.271. The summed E-state index contributed by atoms with van der Waals surface area (Å²) in [5.41, 5.74) is 0. The van der Waals surface area contributed by atoms with Gasteiger partial charge in [0.05, 0.1) is 0 Å². The second kappa shape index (κ2) is 2.74. The lowest BCUT2D eigenvalue weighted by Crippen LogP contribution is -2.00. The Morgan fingerprint density at radius 2 is 2.11 bits per heavy atom. The molecule has 0 radical (unpaired) electrons. The van der Waals surface area contributed by atoms with Crippen molar-refractivity contribution in [2.45, 2.75) is 0 Å². The van der Waals surface area contributed by atoms with Crippen molar-refractivity contribution >= 4 is 10.4 Å². The molecule has 0 saturated carbocycles. The standard InChI is InChI=1S/C2H2F2O4S/c3-1-2(4)8-9(5,6)7/h1H,(H,5,6,7). The molecule has 0 aromatic carbocycles. The lowest BCUT2D eigenvalue weighted by Gasteiger charge is -1.92. The molecule has 0 atom stereocenters. The van der Waals surface area contributed by atoms with E-state index in [4.69, 9.17) is 4.55 Å². The van der Waals surface area contributed by atoms with Crippen LogP contribution in [-0.2, 0) is 14.6 Å². The van der Waals surface area contributed by atoms with E-state index in [9.17, 15) is 17.2 Å². The van der Waals surface area contributed by atoms with Gasteiger partial charge in [-0.1, -0.05) is 0 Å². The Bertz CT molecular complexity index is 205. The van der Waals surface area contributed by atoms with Crippen LogP contribution >= 0.6 is 0 Å². The largest absolute Gasteiger partial charge is 0.448 e. The molecule has 54 valence electrons. The van der Waals surface area contributed by atoms with Crippen molar-refractivity contribution in [2.75, 3.05) is 0 Å². The van der Waals surface area contributed by atoms with Crippen LogP contribution in [0.2, 0.25) is 0 Å². The molecule has 0 aliphatic rings. The van der Waals surface area contributed by atoms with E-state index >= 15 is 0 Å². The molecule has 1 N–H and O–H groups in total. The van der Waals surface area contributed by atoms with Gasteiger partial charge < -0.3 is 4.18 Å². The smallest absolute Gasteiger partial charge is 0.329 e. The van der Waals surface area contributed by atoms with Gasteiger partial charge in [0.2, 0.25) is 0 Å². The first-order chi connectivity index (χ1) is 3.95. The molecule has 0 spiro atoms. The maximum absolute atomic E-state index is 11.4. The predicted molar refractivity (Wildman–Crippen MR) is 22.9 cm³/mol. The van der Waals surface area contributed by atoms with Gasteiger partial charge in [-0.15, -0.1) is 0 Å². The Morgan fingerprint density at radius 3 is 2.22 bits per heavy atom. The molecule has 0 bridgehead atoms. The van der Waals surface area contributed by atoms with Crippen LogP contribution in [0.4, 0.5) is 8.78 Å². The second-order valence-corrected chi connectivity index (χ2v) is 1.95. The molecule has 0 rings (SSSR count). The van der Waals surface area contributed by atoms with Gasteiger partial charge in [-0.05, 0) is 0 Å². The lowest BCUT2D eigenvalue weighted by molar-refractivity contribution is 0.256. The van der Waals surface area contributed by atoms with Gasteiger partial charge >= 0.3 is 16.4 Å². The second-order valence-electron chi connectivity index (χ2n) is 0.924. The fraction of sp³-hybridized carbons (Fsp3) is 0. The van der Waals surface area contributed by atoms with Gasteiger partial charge in [-0.25, -0.2) is 4.39 Å². The number of hydrogen-bond donors (Lipinski definition) is 1. The Balaban J connectivity index is 4.07. The maximum atomic E-state index is 11.4. The van der Waals surface area contributed by atoms with E-state index in [2.05, 4.69) is 4.18 Å². The summed E-state index contributed by atoms with van der Waals surface area (Å²) in [6.07, 6.45) is -0.742. The third-order valence-corrected chi connectivity index (χ3v) is 0.641. The van der Waals surface area contributed by atoms with Gasteiger partial charge in [0.1, 0.15) is 0 Å². The molecular formula is C2H2F2O4S. The zero-order chi connectivity index (χ0) is 7.49. The van der Waals surface area contributed by atoms with E-state index in [1.54, 1.807) is 0 Å². The highest BCUT2D eigenvalue weighted by Crippen LogP contribution is 2.02. The van der Waals surface area contributed by atoms with Gasteiger partial charge in [-0.2, -0.15) is 12.8 Å². The summed E-state index contributed by atoms with van der Waals surface area (Å²) >= 11 is 0. The Hall–Kier alpha value is -0.690. The predicted octanol–water partition coefficient (Wildman–Crippen LogP) is 0.544. The number of halogens is 2. The topological polar surface area (TPSA) is 63.6 Å². The van der Waals surface area contributed by atoms with Gasteiger partial charge in [0, 0.05) is 0 Å². The summed E-state index contributed by atoms with van der Waals surface area (Å²) in [5.74, 6) is 0. The van der Waals surface area contributed by atoms with Crippen LogP contribution in [0.15, 0.2) is 12.3 Å². The minimum absolute atomic E-state index is 0.742. The zero-order valence-corrected chi connectivity index (χ0v) is 4.73. The molecule has 0 aromatic heterocycles. The van der Waals surface area contributed by atoms with E-state index in [0.29, 0.717) is 0 Å². The summed E-state index contributed by atoms with van der Waals surface area (Å²) in [7, 11) is -4.92. The lowest BCUT2D eigenvalue weighted by atomic mass is 11.1. The Kier molecular flexibility index (Phi) is 2.53. The normalized spacial score (nSPS) is 13.4. The first-order valence-electron chi connectivity index (χ1n) is 1.58. The van der Waals surface area contributed by atoms with Crippen LogP contribution in [-0.4, -0.2) is 13.0 Å². The van der Waals surface area contributed by atoms with E-state index in [-0.39, 0.29) is 0 Å². The Morgan fingerprint density at radius 1 is 1.67 bits per heavy atom. The van der Waals surface area contributed by atoms with Crippen LogP contribution in [0.3, 0.4) is 0 Å². The van der Waals surface area contributed by atoms with Crippen LogP contribution in [0, 0.1) is 0 Å². The van der Waals surface area contributed by atoms with Gasteiger partial charge in [0.25, 0.3) is 0 Å². The molecule has 7 heteroatoms. The van der Waals surface area contributed by atoms with Crippen LogP contribution < -0.4 is 0 Å². The van der Waals surface area contributed by atoms with Crippen LogP contribution in [0.1, 0.15) is 0 Å². The molecule has 0 unspecified atom stereocenters. The van der Waals surface area contributed by atoms with Crippen molar-refractivity contribution < 1.29 is 25.9 Å². The van der Waals surface area contributed by atoms with Gasteiger partial charge in [-0.3, -0.25) is 4.55 Å². The van der Waals surface area contributed by atoms with Crippen molar-refractivity contribution in [2.24, 2.45) is 0 Å². The molecule has 0 amide bonds. The van der Waals surface area contributed by atoms with Crippen LogP contribution in [0.25, 0.3) is 0 Å². The number of rotatable bonds is 2. The zero-order valence-electron chi connectivity index (χ0n) is 3.91. The minimum atomic E-state index is -4.92.